The third kappa shape index (κ3) is 12.8. The number of halogens is 4. The van der Waals surface area contributed by atoms with E-state index < -0.39 is 64.5 Å². The molecule has 16 nitrogen and oxygen atoms in total. The lowest BCUT2D eigenvalue weighted by molar-refractivity contribution is -0.605. The topological polar surface area (TPSA) is 194 Å². The molecule has 0 unspecified atom stereocenters. The predicted molar refractivity (Wildman–Crippen MR) is 213 cm³/mol. The van der Waals surface area contributed by atoms with Gasteiger partial charge in [-0.2, -0.15) is 13.5 Å². The highest BCUT2D eigenvalue weighted by molar-refractivity contribution is 7.92. The summed E-state index contributed by atoms with van der Waals surface area (Å²) >= 11 is 12.7. The number of anilines is 1. The Kier molecular flexibility index (Phi) is 15.1. The van der Waals surface area contributed by atoms with E-state index in [1.54, 1.807) is 20.8 Å². The van der Waals surface area contributed by atoms with E-state index >= 15 is 0 Å². The number of hydrogen-bond acceptors (Lipinski definition) is 12. The zero-order chi connectivity index (χ0) is 43.9. The van der Waals surface area contributed by atoms with Gasteiger partial charge in [0.25, 0.3) is 11.8 Å². The van der Waals surface area contributed by atoms with Crippen molar-refractivity contribution in [3.05, 3.63) is 86.3 Å². The number of methoxy groups -OCH3 is 1. The summed E-state index contributed by atoms with van der Waals surface area (Å²) in [7, 11) is -2.56. The monoisotopic (exact) mass is 900 g/mol. The summed E-state index contributed by atoms with van der Waals surface area (Å²) < 4.78 is 82.0. The molecule has 3 amide bonds. The lowest BCUT2D eigenvalue weighted by Crippen LogP contribution is -2.39. The first kappa shape index (κ1) is 46.1. The molecular weight excluding hydrogens is 857 g/mol. The van der Waals surface area contributed by atoms with Gasteiger partial charge in [0, 0.05) is 37.9 Å². The van der Waals surface area contributed by atoms with E-state index in [-0.39, 0.29) is 94.5 Å². The molecule has 5 rings (SSSR count). The molecule has 1 N–H and O–H groups in total. The van der Waals surface area contributed by atoms with Crippen molar-refractivity contribution in [1.82, 2.24) is 9.80 Å². The SMILES string of the molecule is COCCN(CCCS(=O)(=O)Nc1ccc2c(c1)C(=O)N(CC(=O)O[C@@H](Cc1c(Cl)c[n+]([O-])cc1Cl)c1ccc(OC(F)F)c(OCC3CC3)c1)C2=O)C(=O)OC(C)(C)C. The number of carbonyl (C=O) groups excluding carboxylic acids is 4. The number of fused-ring (bicyclic) bond motifs is 1. The number of sulfonamides is 1. The highest BCUT2D eigenvalue weighted by Crippen LogP contribution is 2.38. The molecule has 0 radical (unpaired) electrons. The maximum atomic E-state index is 13.6. The molecule has 0 bridgehead atoms. The smallest absolute Gasteiger partial charge is 0.410 e. The van der Waals surface area contributed by atoms with Crippen molar-refractivity contribution in [2.24, 2.45) is 5.92 Å². The molecule has 1 saturated carbocycles. The molecule has 21 heteroatoms. The van der Waals surface area contributed by atoms with E-state index in [1.165, 1.54) is 48.4 Å². The minimum Gasteiger partial charge on any atom is -0.619 e. The lowest BCUT2D eigenvalue weighted by atomic mass is 10.0. The van der Waals surface area contributed by atoms with Gasteiger partial charge in [-0.25, -0.2) is 13.2 Å². The fraction of sp³-hybridized carbons (Fsp3) is 0.462. The number of hydrogen-bond donors (Lipinski definition) is 1. The van der Waals surface area contributed by atoms with E-state index in [0.29, 0.717) is 9.63 Å². The number of aromatic nitrogens is 1. The van der Waals surface area contributed by atoms with Gasteiger partial charge < -0.3 is 33.8 Å². The van der Waals surface area contributed by atoms with Gasteiger partial charge in [-0.3, -0.25) is 24.0 Å². The van der Waals surface area contributed by atoms with Gasteiger partial charge in [0.1, 0.15) is 28.3 Å². The van der Waals surface area contributed by atoms with Gasteiger partial charge in [0.05, 0.1) is 30.1 Å². The van der Waals surface area contributed by atoms with Crippen LogP contribution in [0.1, 0.15) is 78.0 Å². The molecule has 0 spiro atoms. The minimum absolute atomic E-state index is 0.0291. The molecule has 3 aromatic rings. The number of pyridine rings is 1. The molecule has 60 heavy (non-hydrogen) atoms. The second-order valence-electron chi connectivity index (χ2n) is 15.0. The van der Waals surface area contributed by atoms with Crippen LogP contribution in [-0.2, 0) is 35.4 Å². The molecule has 1 aromatic heterocycles. The number of nitrogens with one attached hydrogen (secondary N) is 1. The van der Waals surface area contributed by atoms with Crippen LogP contribution in [0.4, 0.5) is 19.3 Å². The Balaban J connectivity index is 1.29. The largest absolute Gasteiger partial charge is 0.619 e. The molecule has 2 heterocycles. The van der Waals surface area contributed by atoms with Crippen molar-refractivity contribution >= 4 is 62.8 Å². The van der Waals surface area contributed by atoms with E-state index in [4.69, 9.17) is 42.1 Å². The number of amides is 3. The summed E-state index contributed by atoms with van der Waals surface area (Å²) in [6.07, 6.45) is 1.76. The van der Waals surface area contributed by atoms with E-state index in [9.17, 15) is 41.6 Å². The summed E-state index contributed by atoms with van der Waals surface area (Å²) in [6.45, 7) is 1.72. The summed E-state index contributed by atoms with van der Waals surface area (Å²) in [5, 5.41) is 11.8. The molecule has 1 atom stereocenters. The Hall–Kier alpha value is -4.98. The Labute approximate surface area is 355 Å². The van der Waals surface area contributed by atoms with Crippen LogP contribution in [0.25, 0.3) is 0 Å². The molecule has 1 aliphatic heterocycles. The zero-order valence-electron chi connectivity index (χ0n) is 33.1. The number of rotatable bonds is 20. The first-order chi connectivity index (χ1) is 28.2. The molecule has 1 aliphatic carbocycles. The van der Waals surface area contributed by atoms with Crippen LogP contribution < -0.4 is 18.9 Å². The van der Waals surface area contributed by atoms with Gasteiger partial charge in [-0.05, 0) is 81.8 Å². The van der Waals surface area contributed by atoms with Crippen LogP contribution >= 0.6 is 23.2 Å². The lowest BCUT2D eigenvalue weighted by Gasteiger charge is -2.27. The summed E-state index contributed by atoms with van der Waals surface area (Å²) in [5.74, 6) is -3.33. The first-order valence-electron chi connectivity index (χ1n) is 18.7. The van der Waals surface area contributed by atoms with E-state index in [0.717, 1.165) is 25.2 Å². The van der Waals surface area contributed by atoms with Crippen molar-refractivity contribution in [2.75, 3.05) is 50.4 Å². The van der Waals surface area contributed by atoms with Crippen LogP contribution in [0.5, 0.6) is 11.5 Å². The number of alkyl halides is 2. The molecular formula is C39H44Cl2F2N4O12S. The van der Waals surface area contributed by atoms with Crippen LogP contribution in [0.3, 0.4) is 0 Å². The third-order valence-corrected chi connectivity index (χ3v) is 11.1. The van der Waals surface area contributed by atoms with Crippen molar-refractivity contribution in [3.63, 3.8) is 0 Å². The summed E-state index contributed by atoms with van der Waals surface area (Å²) in [4.78, 5) is 55.1. The average molecular weight is 902 g/mol. The molecule has 326 valence electrons. The maximum absolute atomic E-state index is 13.6. The van der Waals surface area contributed by atoms with Crippen LogP contribution in [0.2, 0.25) is 10.0 Å². The Morgan fingerprint density at radius 2 is 1.70 bits per heavy atom. The maximum Gasteiger partial charge on any atom is 0.410 e. The fourth-order valence-corrected chi connectivity index (χ4v) is 7.68. The van der Waals surface area contributed by atoms with Gasteiger partial charge in [-0.1, -0.05) is 29.3 Å². The molecule has 2 aromatic carbocycles. The third-order valence-electron chi connectivity index (χ3n) is 9.04. The second-order valence-corrected chi connectivity index (χ2v) is 17.7. The predicted octanol–water partition coefficient (Wildman–Crippen LogP) is 6.16. The van der Waals surface area contributed by atoms with Crippen LogP contribution in [-0.4, -0.2) is 100 Å². The standard InChI is InChI=1S/C39H44Cl2F2N4O12S/c1-39(2,3)59-38(51)45(13-14-55-4)12-5-15-60(53,54)44-25-9-10-26-27(17-25)36(50)47(35(26)49)21-34(48)57-32(18-28-29(40)19-46(52)20-30(28)41)24-8-11-31(58-37(42)43)33(16-24)56-22-23-6-7-23/h8-11,16-17,19-20,23,32,37,44H,5-7,12-15,18,21-22H2,1-4H3/t32-/m0/s1. The van der Waals surface area contributed by atoms with Crippen molar-refractivity contribution < 1.29 is 64.8 Å². The number of imide groups is 1. The summed E-state index contributed by atoms with van der Waals surface area (Å²) in [5.41, 5.74) is -0.666. The Morgan fingerprint density at radius 3 is 2.33 bits per heavy atom. The number of carbonyl (C=O) groups is 4. The van der Waals surface area contributed by atoms with Gasteiger partial charge in [0.2, 0.25) is 10.0 Å². The zero-order valence-corrected chi connectivity index (χ0v) is 35.4. The van der Waals surface area contributed by atoms with Crippen molar-refractivity contribution in [1.29, 1.82) is 0 Å². The average Bonchev–Trinajstić information content (AvgIpc) is 3.95. The molecule has 2 aliphatic rings. The first-order valence-corrected chi connectivity index (χ1v) is 21.1. The molecule has 0 saturated heterocycles. The highest BCUT2D eigenvalue weighted by Gasteiger charge is 2.38. The van der Waals surface area contributed by atoms with Crippen molar-refractivity contribution in [2.45, 2.75) is 64.8 Å². The quantitative estimate of drug-likeness (QED) is 0.0589. The van der Waals surface area contributed by atoms with Gasteiger partial charge in [-0.15, -0.1) is 0 Å². The Bertz CT molecular complexity index is 2180. The highest BCUT2D eigenvalue weighted by atomic mass is 35.5. The van der Waals surface area contributed by atoms with E-state index in [1.807, 2.05) is 0 Å². The van der Waals surface area contributed by atoms with Gasteiger partial charge >= 0.3 is 18.7 Å². The minimum atomic E-state index is -4.02. The number of ether oxygens (including phenoxy) is 5. The van der Waals surface area contributed by atoms with Crippen molar-refractivity contribution in [3.8, 4) is 11.5 Å². The van der Waals surface area contributed by atoms with Crippen LogP contribution in [0, 0.1) is 11.1 Å². The summed E-state index contributed by atoms with van der Waals surface area (Å²) in [6, 6.07) is 7.60. The Morgan fingerprint density at radius 1 is 1.02 bits per heavy atom. The molecule has 1 fully saturated rings. The normalized spacial score (nSPS) is 14.5. The number of benzene rings is 2. The number of nitrogens with zero attached hydrogens (tertiary/aromatic N) is 3. The van der Waals surface area contributed by atoms with Gasteiger partial charge in [0.15, 0.2) is 23.9 Å². The van der Waals surface area contributed by atoms with Crippen LogP contribution in [0.15, 0.2) is 48.8 Å². The van der Waals surface area contributed by atoms with E-state index in [2.05, 4.69) is 9.46 Å². The second kappa shape index (κ2) is 19.6. The fourth-order valence-electron chi connectivity index (χ4n) is 5.98. The number of esters is 1.